The van der Waals surface area contributed by atoms with Crippen LogP contribution in [0.15, 0.2) is 36.5 Å². The molecule has 0 aromatic carbocycles. The van der Waals surface area contributed by atoms with Gasteiger partial charge in [0.1, 0.15) is 43.2 Å². The van der Waals surface area contributed by atoms with Gasteiger partial charge < -0.3 is 39.9 Å². The molecule has 8 atom stereocenters. The number of rotatable bonds is 37. The van der Waals surface area contributed by atoms with Crippen LogP contribution in [0.25, 0.3) is 0 Å². The molecular formula is C45H81O13P. The van der Waals surface area contributed by atoms with Crippen LogP contribution in [0.3, 0.4) is 0 Å². The Kier molecular flexibility index (Phi) is 33.3. The topological polar surface area (TPSA) is 210 Å². The average molecular weight is 861 g/mol. The number of unbranched alkanes of at least 4 members (excludes halogenated alkanes) is 19. The zero-order valence-electron chi connectivity index (χ0n) is 36.3. The summed E-state index contributed by atoms with van der Waals surface area (Å²) in [6, 6.07) is 0. The van der Waals surface area contributed by atoms with Crippen LogP contribution in [-0.4, -0.2) is 98.3 Å². The Labute approximate surface area is 355 Å². The number of esters is 2. The van der Waals surface area contributed by atoms with Crippen molar-refractivity contribution >= 4 is 19.8 Å². The summed E-state index contributed by atoms with van der Waals surface area (Å²) < 4.78 is 33.5. The zero-order valence-corrected chi connectivity index (χ0v) is 37.2. The molecule has 0 aromatic heterocycles. The highest BCUT2D eigenvalue weighted by atomic mass is 31.2. The average Bonchev–Trinajstić information content (AvgIpc) is 3.21. The molecule has 1 fully saturated rings. The first kappa shape index (κ1) is 55.1. The summed E-state index contributed by atoms with van der Waals surface area (Å²) in [7, 11) is -5.12. The lowest BCUT2D eigenvalue weighted by Gasteiger charge is -2.41. The summed E-state index contributed by atoms with van der Waals surface area (Å²) in [4.78, 5) is 35.7. The maximum Gasteiger partial charge on any atom is 0.472 e. The zero-order chi connectivity index (χ0) is 43.6. The third-order valence-corrected chi connectivity index (χ3v) is 11.4. The molecular weight excluding hydrogens is 779 g/mol. The van der Waals surface area contributed by atoms with Gasteiger partial charge in [0.15, 0.2) is 6.10 Å². The monoisotopic (exact) mass is 861 g/mol. The van der Waals surface area contributed by atoms with Gasteiger partial charge in [0.05, 0.1) is 6.61 Å². The van der Waals surface area contributed by atoms with Crippen molar-refractivity contribution in [3.63, 3.8) is 0 Å². The Balaban J connectivity index is 2.49. The van der Waals surface area contributed by atoms with Crippen molar-refractivity contribution in [2.45, 2.75) is 224 Å². The fraction of sp³-hybridized carbons (Fsp3) is 0.822. The number of allylic oxidation sites excluding steroid dienone is 6. The Morgan fingerprint density at radius 2 is 0.915 bits per heavy atom. The molecule has 0 bridgehead atoms. The number of carbonyl (C=O) groups is 2. The van der Waals surface area contributed by atoms with Crippen molar-refractivity contribution in [2.24, 2.45) is 0 Å². The number of aliphatic hydroxyl groups excluding tert-OH is 5. The molecule has 13 nitrogen and oxygen atoms in total. The molecule has 0 heterocycles. The summed E-state index contributed by atoms with van der Waals surface area (Å²) in [6.07, 6.45) is 26.2. The highest BCUT2D eigenvalue weighted by molar-refractivity contribution is 7.47. The Bertz CT molecular complexity index is 1180. The second kappa shape index (κ2) is 35.6. The third kappa shape index (κ3) is 28.3. The van der Waals surface area contributed by atoms with Crippen LogP contribution in [-0.2, 0) is 32.7 Å². The standard InChI is InChI=1S/C45H81O13P/c1-3-5-7-9-11-13-15-17-19-21-23-25-27-29-31-33-38(46)55-35-37(36-56-59(53,54)58-45-43(51)41(49)40(48)42(50)44(45)52)57-39(47)34-32-30-28-26-24-22-20-18-16-14-12-10-8-6-4-2/h12,14,17-20,37,40-45,48-52H,3-11,13,15-16,21-36H2,1-2H3,(H,53,54)/b14-12+,19-17+,20-18+/t37-,40?,41-,42?,43?,44?,45?/m1/s1. The van der Waals surface area contributed by atoms with E-state index >= 15 is 0 Å². The third-order valence-electron chi connectivity index (χ3n) is 10.5. The SMILES string of the molecule is CCCCC/C=C/C/C=C/CCCCCCCC(=O)O[C@H](COC(=O)CCCCCCC/C=C/CCCCCCCC)COP(=O)(O)OC1C(O)C(O)C(O)[C@@H](O)C1O. The van der Waals surface area contributed by atoms with Crippen LogP contribution < -0.4 is 0 Å². The summed E-state index contributed by atoms with van der Waals surface area (Å²) in [5, 5.41) is 50.1. The molecule has 0 saturated heterocycles. The molecule has 0 aliphatic heterocycles. The highest BCUT2D eigenvalue weighted by Crippen LogP contribution is 2.47. The van der Waals surface area contributed by atoms with Crippen LogP contribution in [0, 0.1) is 0 Å². The van der Waals surface area contributed by atoms with Crippen LogP contribution in [0.5, 0.6) is 0 Å². The highest BCUT2D eigenvalue weighted by Gasteiger charge is 2.51. The van der Waals surface area contributed by atoms with Gasteiger partial charge in [-0.1, -0.05) is 134 Å². The molecule has 344 valence electrons. The Morgan fingerprint density at radius 1 is 0.525 bits per heavy atom. The van der Waals surface area contributed by atoms with Gasteiger partial charge in [-0.05, 0) is 70.6 Å². The minimum Gasteiger partial charge on any atom is -0.462 e. The second-order valence-electron chi connectivity index (χ2n) is 15.9. The van der Waals surface area contributed by atoms with E-state index in [0.717, 1.165) is 83.5 Å². The molecule has 1 rings (SSSR count). The molecule has 6 N–H and O–H groups in total. The number of phosphoric acid groups is 1. The molecule has 59 heavy (non-hydrogen) atoms. The van der Waals surface area contributed by atoms with Crippen molar-refractivity contribution in [3.05, 3.63) is 36.5 Å². The Hall–Kier alpha value is -1.93. The maximum atomic E-state index is 12.8. The van der Waals surface area contributed by atoms with E-state index < -0.39 is 75.7 Å². The fourth-order valence-corrected chi connectivity index (χ4v) is 7.70. The van der Waals surface area contributed by atoms with E-state index in [4.69, 9.17) is 18.5 Å². The van der Waals surface area contributed by atoms with E-state index in [-0.39, 0.29) is 12.8 Å². The van der Waals surface area contributed by atoms with Crippen LogP contribution in [0.2, 0.25) is 0 Å². The number of phosphoric ester groups is 1. The van der Waals surface area contributed by atoms with Crippen molar-refractivity contribution < 1.29 is 63.1 Å². The summed E-state index contributed by atoms with van der Waals surface area (Å²) >= 11 is 0. The van der Waals surface area contributed by atoms with Gasteiger partial charge in [-0.15, -0.1) is 0 Å². The van der Waals surface area contributed by atoms with E-state index in [1.807, 2.05) is 0 Å². The van der Waals surface area contributed by atoms with Gasteiger partial charge in [-0.25, -0.2) is 4.57 Å². The van der Waals surface area contributed by atoms with E-state index in [0.29, 0.717) is 12.8 Å². The minimum atomic E-state index is -5.12. The van der Waals surface area contributed by atoms with Gasteiger partial charge in [0, 0.05) is 12.8 Å². The smallest absolute Gasteiger partial charge is 0.462 e. The fourth-order valence-electron chi connectivity index (χ4n) is 6.72. The van der Waals surface area contributed by atoms with E-state index in [9.17, 15) is 44.6 Å². The molecule has 14 heteroatoms. The lowest BCUT2D eigenvalue weighted by Crippen LogP contribution is -2.64. The largest absolute Gasteiger partial charge is 0.472 e. The lowest BCUT2D eigenvalue weighted by atomic mass is 9.85. The number of hydrogen-bond acceptors (Lipinski definition) is 12. The van der Waals surface area contributed by atoms with Crippen LogP contribution in [0.4, 0.5) is 0 Å². The van der Waals surface area contributed by atoms with Crippen molar-refractivity contribution in [2.75, 3.05) is 13.2 Å². The van der Waals surface area contributed by atoms with E-state index in [1.165, 1.54) is 57.8 Å². The molecule has 1 saturated carbocycles. The summed E-state index contributed by atoms with van der Waals surface area (Å²) in [5.41, 5.74) is 0. The van der Waals surface area contributed by atoms with Crippen molar-refractivity contribution in [1.82, 2.24) is 0 Å². The molecule has 0 aromatic rings. The van der Waals surface area contributed by atoms with Crippen molar-refractivity contribution in [1.29, 1.82) is 0 Å². The van der Waals surface area contributed by atoms with E-state index in [1.54, 1.807) is 0 Å². The predicted molar refractivity (Wildman–Crippen MR) is 230 cm³/mol. The quantitative estimate of drug-likeness (QED) is 0.0150. The number of ether oxygens (including phenoxy) is 2. The number of carbonyl (C=O) groups excluding carboxylic acids is 2. The predicted octanol–water partition coefficient (Wildman–Crippen LogP) is 8.61. The minimum absolute atomic E-state index is 0.0791. The first-order valence-electron chi connectivity index (χ1n) is 22.8. The van der Waals surface area contributed by atoms with Crippen LogP contribution in [0.1, 0.15) is 181 Å². The number of aliphatic hydroxyl groups is 5. The Morgan fingerprint density at radius 3 is 1.42 bits per heavy atom. The van der Waals surface area contributed by atoms with Gasteiger partial charge in [0.2, 0.25) is 0 Å². The normalized spacial score (nSPS) is 22.6. The molecule has 0 radical (unpaired) electrons. The van der Waals surface area contributed by atoms with Gasteiger partial charge in [-0.3, -0.25) is 18.6 Å². The van der Waals surface area contributed by atoms with Crippen molar-refractivity contribution in [3.8, 4) is 0 Å². The maximum absolute atomic E-state index is 12.8. The summed E-state index contributed by atoms with van der Waals surface area (Å²) in [5.74, 6) is -1.12. The van der Waals surface area contributed by atoms with Gasteiger partial charge in [-0.2, -0.15) is 0 Å². The van der Waals surface area contributed by atoms with E-state index in [2.05, 4.69) is 50.3 Å². The first-order valence-corrected chi connectivity index (χ1v) is 24.3. The molecule has 6 unspecified atom stereocenters. The summed E-state index contributed by atoms with van der Waals surface area (Å²) in [6.45, 7) is 3.24. The van der Waals surface area contributed by atoms with Crippen LogP contribution >= 0.6 is 7.82 Å². The van der Waals surface area contributed by atoms with Gasteiger partial charge in [0.25, 0.3) is 0 Å². The lowest BCUT2D eigenvalue weighted by molar-refractivity contribution is -0.220. The van der Waals surface area contributed by atoms with Gasteiger partial charge >= 0.3 is 19.8 Å². The molecule has 1 aliphatic carbocycles. The molecule has 1 aliphatic rings. The first-order chi connectivity index (χ1) is 28.4. The molecule has 0 spiro atoms. The molecule has 0 amide bonds. The second-order valence-corrected chi connectivity index (χ2v) is 17.3. The number of hydrogen-bond donors (Lipinski definition) is 6.